The Morgan fingerprint density at radius 1 is 0.909 bits per heavy atom. The maximum Gasteiger partial charge on any atom is 0.252 e. The van der Waals surface area contributed by atoms with Crippen LogP contribution >= 0.6 is 0 Å². The number of H-pyrrole nitrogens is 1. The highest BCUT2D eigenvalue weighted by Gasteiger charge is 2.32. The minimum Gasteiger partial charge on any atom is -0.508 e. The lowest BCUT2D eigenvalue weighted by Gasteiger charge is -2.16. The van der Waals surface area contributed by atoms with Crippen LogP contribution < -0.4 is 5.32 Å². The Balaban J connectivity index is 1.47. The van der Waals surface area contributed by atoms with Crippen molar-refractivity contribution in [1.29, 1.82) is 0 Å². The number of aromatic nitrogens is 3. The zero-order chi connectivity index (χ0) is 22.5. The summed E-state index contributed by atoms with van der Waals surface area (Å²) < 4.78 is 0. The first-order chi connectivity index (χ1) is 16.1. The van der Waals surface area contributed by atoms with E-state index in [1.54, 1.807) is 12.4 Å². The molecule has 4 N–H and O–H groups in total. The number of hydrogen-bond acceptors (Lipinski definition) is 5. The number of carbonyl (C=O) groups is 1. The molecule has 0 fully saturated rings. The van der Waals surface area contributed by atoms with Crippen LogP contribution in [-0.2, 0) is 0 Å². The first-order valence-electron chi connectivity index (χ1n) is 10.4. The average molecular weight is 434 g/mol. The molecule has 1 aliphatic rings. The van der Waals surface area contributed by atoms with E-state index in [0.29, 0.717) is 0 Å². The van der Waals surface area contributed by atoms with Crippen LogP contribution in [0, 0.1) is 0 Å². The molecule has 0 radical (unpaired) electrons. The zero-order valence-electron chi connectivity index (χ0n) is 17.3. The van der Waals surface area contributed by atoms with E-state index in [9.17, 15) is 15.0 Å². The van der Waals surface area contributed by atoms with Crippen molar-refractivity contribution in [2.45, 2.75) is 6.04 Å². The molecule has 0 aliphatic heterocycles. The Labute approximate surface area is 188 Å². The summed E-state index contributed by atoms with van der Waals surface area (Å²) in [6.45, 7) is 0. The van der Waals surface area contributed by atoms with Crippen molar-refractivity contribution >= 4 is 16.9 Å². The van der Waals surface area contributed by atoms with E-state index in [-0.39, 0.29) is 23.1 Å². The summed E-state index contributed by atoms with van der Waals surface area (Å²) in [5.74, 6) is -0.00771. The fourth-order valence-corrected chi connectivity index (χ4v) is 4.53. The van der Waals surface area contributed by atoms with E-state index in [4.69, 9.17) is 4.98 Å². The van der Waals surface area contributed by atoms with Crippen LogP contribution in [-0.4, -0.2) is 31.1 Å². The van der Waals surface area contributed by atoms with Gasteiger partial charge in [-0.1, -0.05) is 42.5 Å². The predicted octanol–water partition coefficient (Wildman–Crippen LogP) is 4.54. The number of nitrogens with one attached hydrogen (secondary N) is 2. The maximum absolute atomic E-state index is 13.0. The number of carbonyl (C=O) groups excluding carboxylic acids is 1. The molecule has 7 nitrogen and oxygen atoms in total. The average Bonchev–Trinajstić information content (AvgIpc) is 3.38. The third-order valence-electron chi connectivity index (χ3n) is 5.93. The monoisotopic (exact) mass is 434 g/mol. The molecule has 6 rings (SSSR count). The first-order valence-corrected chi connectivity index (χ1v) is 10.4. The molecule has 2 heterocycles. The standard InChI is InChI=1S/C26H18N4O3/c31-15-10-14(11-16(32)12-15)26(33)30-24-18-5-2-1-4-17(18)23-19(24)6-3-7-20(23)25-28-21-8-9-27-13-22(21)29-25/h1-13,24,31-32H,(H,28,29)(H,30,33)/t24-/m1/s1. The molecule has 0 unspecified atom stereocenters. The normalized spacial score (nSPS) is 14.1. The number of phenolic OH excluding ortho intramolecular Hbond substituents is 2. The lowest BCUT2D eigenvalue weighted by atomic mass is 9.98. The molecule has 7 heteroatoms. The van der Waals surface area contributed by atoms with Gasteiger partial charge in [-0.25, -0.2) is 4.98 Å². The number of hydrogen-bond donors (Lipinski definition) is 4. The number of phenols is 2. The summed E-state index contributed by atoms with van der Waals surface area (Å²) in [4.78, 5) is 25.3. The largest absolute Gasteiger partial charge is 0.508 e. The second kappa shape index (κ2) is 7.20. The van der Waals surface area contributed by atoms with Gasteiger partial charge in [0, 0.05) is 23.4 Å². The molecular weight excluding hydrogens is 416 g/mol. The van der Waals surface area contributed by atoms with Crippen LogP contribution in [0.15, 0.2) is 79.1 Å². The van der Waals surface area contributed by atoms with Gasteiger partial charge < -0.3 is 20.5 Å². The summed E-state index contributed by atoms with van der Waals surface area (Å²) in [7, 11) is 0. The molecule has 0 saturated carbocycles. The maximum atomic E-state index is 13.0. The minimum atomic E-state index is -0.394. The van der Waals surface area contributed by atoms with Gasteiger partial charge in [0.25, 0.3) is 5.91 Å². The smallest absolute Gasteiger partial charge is 0.252 e. The van der Waals surface area contributed by atoms with Crippen molar-refractivity contribution in [2.75, 3.05) is 0 Å². The fraction of sp³-hybridized carbons (Fsp3) is 0.0385. The molecule has 1 amide bonds. The van der Waals surface area contributed by atoms with Gasteiger partial charge in [0.05, 0.1) is 23.3 Å². The summed E-state index contributed by atoms with van der Waals surface area (Å²) in [5.41, 5.74) is 6.74. The van der Waals surface area contributed by atoms with Gasteiger partial charge >= 0.3 is 0 Å². The Kier molecular flexibility index (Phi) is 4.16. The van der Waals surface area contributed by atoms with Crippen LogP contribution in [0.5, 0.6) is 11.5 Å². The molecule has 2 aromatic heterocycles. The van der Waals surface area contributed by atoms with Gasteiger partial charge in [-0.05, 0) is 40.5 Å². The van der Waals surface area contributed by atoms with Crippen molar-refractivity contribution in [2.24, 2.45) is 0 Å². The van der Waals surface area contributed by atoms with Crippen LogP contribution in [0.1, 0.15) is 27.5 Å². The van der Waals surface area contributed by atoms with E-state index >= 15 is 0 Å². The van der Waals surface area contributed by atoms with Gasteiger partial charge in [0.2, 0.25) is 0 Å². The summed E-state index contributed by atoms with van der Waals surface area (Å²) >= 11 is 0. The van der Waals surface area contributed by atoms with Crippen LogP contribution in [0.25, 0.3) is 33.5 Å². The summed E-state index contributed by atoms with van der Waals surface area (Å²) in [6.07, 6.45) is 3.46. The molecular formula is C26H18N4O3. The van der Waals surface area contributed by atoms with Crippen LogP contribution in [0.4, 0.5) is 0 Å². The first kappa shape index (κ1) is 19.1. The highest BCUT2D eigenvalue weighted by atomic mass is 16.3. The molecule has 5 aromatic rings. The third-order valence-corrected chi connectivity index (χ3v) is 5.93. The SMILES string of the molecule is O=C(N[C@@H]1c2ccccc2-c2c(-c3nc4ccncc4[nH]3)cccc21)c1cc(O)cc(O)c1. The van der Waals surface area contributed by atoms with Crippen LogP contribution in [0.2, 0.25) is 0 Å². The molecule has 160 valence electrons. The van der Waals surface area contributed by atoms with Gasteiger partial charge in [0.1, 0.15) is 17.3 Å². The number of fused-ring (bicyclic) bond motifs is 4. The lowest BCUT2D eigenvalue weighted by Crippen LogP contribution is -2.28. The number of rotatable bonds is 3. The molecule has 0 bridgehead atoms. The second-order valence-corrected chi connectivity index (χ2v) is 7.98. The number of pyridine rings is 1. The molecule has 0 saturated heterocycles. The quantitative estimate of drug-likeness (QED) is 0.333. The van der Waals surface area contributed by atoms with E-state index < -0.39 is 5.91 Å². The molecule has 1 atom stereocenters. The number of nitrogens with zero attached hydrogens (tertiary/aromatic N) is 2. The number of aromatic amines is 1. The van der Waals surface area contributed by atoms with E-state index in [0.717, 1.165) is 44.7 Å². The molecule has 1 aliphatic carbocycles. The molecule has 3 aromatic carbocycles. The van der Waals surface area contributed by atoms with E-state index in [2.05, 4.69) is 15.3 Å². The Hall–Kier alpha value is -4.65. The van der Waals surface area contributed by atoms with Gasteiger partial charge in [-0.2, -0.15) is 0 Å². The number of benzene rings is 3. The third kappa shape index (κ3) is 3.10. The van der Waals surface area contributed by atoms with Crippen molar-refractivity contribution in [3.05, 3.63) is 95.8 Å². The zero-order valence-corrected chi connectivity index (χ0v) is 17.3. The highest BCUT2D eigenvalue weighted by Crippen LogP contribution is 2.47. The van der Waals surface area contributed by atoms with Crippen molar-refractivity contribution < 1.29 is 15.0 Å². The number of imidazole rings is 1. The topological polar surface area (TPSA) is 111 Å². The number of aromatic hydroxyl groups is 2. The Bertz CT molecular complexity index is 1500. The van der Waals surface area contributed by atoms with Crippen LogP contribution in [0.3, 0.4) is 0 Å². The molecule has 33 heavy (non-hydrogen) atoms. The van der Waals surface area contributed by atoms with Gasteiger partial charge in [0.15, 0.2) is 0 Å². The predicted molar refractivity (Wildman–Crippen MR) is 124 cm³/mol. The van der Waals surface area contributed by atoms with Gasteiger partial charge in [-0.15, -0.1) is 0 Å². The van der Waals surface area contributed by atoms with Gasteiger partial charge in [-0.3, -0.25) is 9.78 Å². The molecule has 0 spiro atoms. The van der Waals surface area contributed by atoms with E-state index in [1.807, 2.05) is 48.5 Å². The van der Waals surface area contributed by atoms with E-state index in [1.165, 1.54) is 18.2 Å². The van der Waals surface area contributed by atoms with Crippen molar-refractivity contribution in [3.63, 3.8) is 0 Å². The Morgan fingerprint density at radius 3 is 2.48 bits per heavy atom. The summed E-state index contributed by atoms with van der Waals surface area (Å²) in [5, 5.41) is 22.6. The van der Waals surface area contributed by atoms with Crippen molar-refractivity contribution in [1.82, 2.24) is 20.3 Å². The van der Waals surface area contributed by atoms with Crippen molar-refractivity contribution in [3.8, 4) is 34.0 Å². The highest BCUT2D eigenvalue weighted by molar-refractivity contribution is 5.98. The fourth-order valence-electron chi connectivity index (χ4n) is 4.53. The number of amides is 1. The Morgan fingerprint density at radius 2 is 1.67 bits per heavy atom. The summed E-state index contributed by atoms with van der Waals surface area (Å²) in [6, 6.07) is 19.2. The minimum absolute atomic E-state index is 0.172. The second-order valence-electron chi connectivity index (χ2n) is 7.98. The lowest BCUT2D eigenvalue weighted by molar-refractivity contribution is 0.0943.